The molecule has 0 fully saturated rings. The molecule has 8 heteroatoms. The van der Waals surface area contributed by atoms with Crippen LogP contribution in [0.2, 0.25) is 5.02 Å². The number of carbonyl (C=O) groups is 1. The zero-order chi connectivity index (χ0) is 18.3. The smallest absolute Gasteiger partial charge is 0.274 e. The third kappa shape index (κ3) is 2.84. The van der Waals surface area contributed by atoms with E-state index in [4.69, 9.17) is 21.1 Å². The minimum absolute atomic E-state index is 0.132. The lowest BCUT2D eigenvalue weighted by Crippen LogP contribution is -2.36. The van der Waals surface area contributed by atoms with Crippen LogP contribution in [0.1, 0.15) is 21.6 Å². The average Bonchev–Trinajstić information content (AvgIpc) is 3.08. The van der Waals surface area contributed by atoms with Crippen molar-refractivity contribution in [3.05, 3.63) is 52.4 Å². The number of amides is 1. The number of hydrogen-bond acceptors (Lipinski definition) is 5. The van der Waals surface area contributed by atoms with Gasteiger partial charge in [-0.3, -0.25) is 4.79 Å². The van der Waals surface area contributed by atoms with Gasteiger partial charge in [-0.2, -0.15) is 5.10 Å². The van der Waals surface area contributed by atoms with Gasteiger partial charge >= 0.3 is 0 Å². The molecule has 1 aliphatic rings. The number of carbonyl (C=O) groups excluding carboxylic acids is 1. The van der Waals surface area contributed by atoms with Crippen molar-refractivity contribution in [2.75, 3.05) is 20.8 Å². The normalized spacial score (nSPS) is 13.6. The fourth-order valence-corrected chi connectivity index (χ4v) is 3.32. The van der Waals surface area contributed by atoms with Crippen molar-refractivity contribution in [2.45, 2.75) is 13.0 Å². The van der Waals surface area contributed by atoms with Crippen LogP contribution in [0, 0.1) is 0 Å². The summed E-state index contributed by atoms with van der Waals surface area (Å²) in [4.78, 5) is 18.8. The van der Waals surface area contributed by atoms with Crippen LogP contribution >= 0.6 is 11.6 Å². The minimum Gasteiger partial charge on any atom is -0.493 e. The highest BCUT2D eigenvalue weighted by atomic mass is 35.5. The molecule has 0 radical (unpaired) electrons. The summed E-state index contributed by atoms with van der Waals surface area (Å²) in [6.07, 6.45) is 3.91. The van der Waals surface area contributed by atoms with Gasteiger partial charge in [0.15, 0.2) is 22.8 Å². The fraction of sp³-hybridized carbons (Fsp3) is 0.278. The lowest BCUT2D eigenvalue weighted by Gasteiger charge is -2.29. The molecule has 1 aromatic carbocycles. The van der Waals surface area contributed by atoms with E-state index in [1.54, 1.807) is 31.4 Å². The van der Waals surface area contributed by atoms with E-state index in [2.05, 4.69) is 10.1 Å². The fourth-order valence-electron chi connectivity index (χ4n) is 3.18. The van der Waals surface area contributed by atoms with Crippen molar-refractivity contribution in [1.29, 1.82) is 0 Å². The third-order valence-electron chi connectivity index (χ3n) is 4.51. The number of benzene rings is 1. The predicted octanol–water partition coefficient (Wildman–Crippen LogP) is 2.60. The highest BCUT2D eigenvalue weighted by Crippen LogP contribution is 2.33. The highest BCUT2D eigenvalue weighted by molar-refractivity contribution is 6.30. The second kappa shape index (κ2) is 6.49. The topological polar surface area (TPSA) is 69.0 Å². The van der Waals surface area contributed by atoms with Gasteiger partial charge in [-0.15, -0.1) is 0 Å². The van der Waals surface area contributed by atoms with Crippen LogP contribution in [0.3, 0.4) is 0 Å². The van der Waals surface area contributed by atoms with Gasteiger partial charge in [0.25, 0.3) is 5.91 Å². The van der Waals surface area contributed by atoms with E-state index in [9.17, 15) is 4.79 Å². The molecule has 1 amide bonds. The summed E-state index contributed by atoms with van der Waals surface area (Å²) in [6, 6.07) is 5.58. The van der Waals surface area contributed by atoms with Crippen LogP contribution in [-0.2, 0) is 13.0 Å². The van der Waals surface area contributed by atoms with Gasteiger partial charge in [-0.1, -0.05) is 11.6 Å². The van der Waals surface area contributed by atoms with Crippen LogP contribution in [0.15, 0.2) is 30.6 Å². The van der Waals surface area contributed by atoms with Crippen LogP contribution in [0.25, 0.3) is 5.65 Å². The van der Waals surface area contributed by atoms with Crippen LogP contribution in [-0.4, -0.2) is 46.2 Å². The average molecular weight is 373 g/mol. The number of ether oxygens (including phenoxy) is 2. The molecule has 0 unspecified atom stereocenters. The number of nitrogens with zero attached hydrogens (tertiary/aromatic N) is 4. The maximum absolute atomic E-state index is 12.9. The molecule has 1 aliphatic heterocycles. The Bertz CT molecular complexity index is 1000. The van der Waals surface area contributed by atoms with Crippen LogP contribution < -0.4 is 9.47 Å². The minimum atomic E-state index is -0.132. The number of aromatic nitrogens is 3. The Morgan fingerprint density at radius 3 is 2.62 bits per heavy atom. The zero-order valence-corrected chi connectivity index (χ0v) is 15.2. The van der Waals surface area contributed by atoms with E-state index >= 15 is 0 Å². The summed E-state index contributed by atoms with van der Waals surface area (Å²) < 4.78 is 12.2. The van der Waals surface area contributed by atoms with Crippen molar-refractivity contribution in [2.24, 2.45) is 0 Å². The van der Waals surface area contributed by atoms with Crippen molar-refractivity contribution in [3.63, 3.8) is 0 Å². The first-order valence-electron chi connectivity index (χ1n) is 8.13. The number of fused-ring (bicyclic) bond motifs is 2. The summed E-state index contributed by atoms with van der Waals surface area (Å²) in [7, 11) is 3.22. The van der Waals surface area contributed by atoms with Gasteiger partial charge in [0, 0.05) is 25.4 Å². The van der Waals surface area contributed by atoms with E-state index in [0.29, 0.717) is 41.0 Å². The lowest BCUT2D eigenvalue weighted by atomic mass is 9.98. The van der Waals surface area contributed by atoms with E-state index in [1.165, 1.54) is 10.7 Å². The van der Waals surface area contributed by atoms with Crippen molar-refractivity contribution < 1.29 is 14.3 Å². The Balaban J connectivity index is 1.62. The lowest BCUT2D eigenvalue weighted by molar-refractivity contribution is 0.0728. The van der Waals surface area contributed by atoms with Gasteiger partial charge in [-0.05, 0) is 29.7 Å². The summed E-state index contributed by atoms with van der Waals surface area (Å²) in [5.74, 6) is 1.23. The van der Waals surface area contributed by atoms with Crippen molar-refractivity contribution in [3.8, 4) is 11.5 Å². The quantitative estimate of drug-likeness (QED) is 0.706. The first-order chi connectivity index (χ1) is 12.6. The summed E-state index contributed by atoms with van der Waals surface area (Å²) in [5, 5.41) is 4.76. The summed E-state index contributed by atoms with van der Waals surface area (Å²) >= 11 is 5.92. The van der Waals surface area contributed by atoms with Gasteiger partial charge in [0.2, 0.25) is 0 Å². The standard InChI is InChI=1S/C18H17ClN4O3/c1-25-15-5-11-3-4-22(9-12(11)6-16(15)26-2)18(24)14-7-17-20-8-13(19)10-23(17)21-14/h5-8,10H,3-4,9H2,1-2H3. The second-order valence-electron chi connectivity index (χ2n) is 6.06. The number of halogens is 1. The van der Waals surface area contributed by atoms with Gasteiger partial charge in [-0.25, -0.2) is 9.50 Å². The summed E-state index contributed by atoms with van der Waals surface area (Å²) in [6.45, 7) is 1.11. The molecule has 0 saturated carbocycles. The van der Waals surface area contributed by atoms with E-state index in [1.807, 2.05) is 12.1 Å². The van der Waals surface area contributed by atoms with Gasteiger partial charge in [0.05, 0.1) is 25.4 Å². The molecule has 0 saturated heterocycles. The SMILES string of the molecule is COc1cc2c(cc1OC)CN(C(=O)c1cc3ncc(Cl)cn3n1)CC2. The molecular weight excluding hydrogens is 356 g/mol. The molecule has 3 heterocycles. The van der Waals surface area contributed by atoms with Crippen LogP contribution in [0.5, 0.6) is 11.5 Å². The zero-order valence-electron chi connectivity index (χ0n) is 14.4. The van der Waals surface area contributed by atoms with E-state index in [-0.39, 0.29) is 5.91 Å². The number of rotatable bonds is 3. The maximum Gasteiger partial charge on any atom is 0.274 e. The Labute approximate surface area is 155 Å². The molecule has 134 valence electrons. The number of hydrogen-bond donors (Lipinski definition) is 0. The predicted molar refractivity (Wildman–Crippen MR) is 96.0 cm³/mol. The van der Waals surface area contributed by atoms with Crippen molar-refractivity contribution in [1.82, 2.24) is 19.5 Å². The van der Waals surface area contributed by atoms with E-state index in [0.717, 1.165) is 17.5 Å². The molecule has 0 aliphatic carbocycles. The first kappa shape index (κ1) is 16.7. The Morgan fingerprint density at radius 1 is 1.15 bits per heavy atom. The Kier molecular flexibility index (Phi) is 4.16. The molecule has 0 bridgehead atoms. The summed E-state index contributed by atoms with van der Waals surface area (Å²) in [5.41, 5.74) is 3.15. The largest absolute Gasteiger partial charge is 0.493 e. The Morgan fingerprint density at radius 2 is 1.88 bits per heavy atom. The molecule has 0 atom stereocenters. The molecule has 0 spiro atoms. The third-order valence-corrected chi connectivity index (χ3v) is 4.70. The molecule has 3 aromatic rings. The highest BCUT2D eigenvalue weighted by Gasteiger charge is 2.25. The maximum atomic E-state index is 12.9. The molecule has 7 nitrogen and oxygen atoms in total. The van der Waals surface area contributed by atoms with Crippen LogP contribution in [0.4, 0.5) is 0 Å². The molecular formula is C18H17ClN4O3. The van der Waals surface area contributed by atoms with Gasteiger partial charge in [0.1, 0.15) is 0 Å². The van der Waals surface area contributed by atoms with E-state index < -0.39 is 0 Å². The molecule has 0 N–H and O–H groups in total. The monoisotopic (exact) mass is 372 g/mol. The van der Waals surface area contributed by atoms with Crippen molar-refractivity contribution >= 4 is 23.2 Å². The second-order valence-corrected chi connectivity index (χ2v) is 6.49. The molecule has 4 rings (SSSR count). The molecule has 2 aromatic heterocycles. The van der Waals surface area contributed by atoms with Gasteiger partial charge < -0.3 is 14.4 Å². The number of methoxy groups -OCH3 is 2. The first-order valence-corrected chi connectivity index (χ1v) is 8.51. The molecule has 26 heavy (non-hydrogen) atoms. The Hall–Kier alpha value is -2.80.